The van der Waals surface area contributed by atoms with Crippen molar-refractivity contribution >= 4 is 9.84 Å². The number of hydrogen-bond donors (Lipinski definition) is 0. The van der Waals surface area contributed by atoms with Crippen LogP contribution in [-0.2, 0) is 24.9 Å². The van der Waals surface area contributed by atoms with Gasteiger partial charge in [0.15, 0.2) is 9.84 Å². The van der Waals surface area contributed by atoms with Crippen LogP contribution < -0.4 is 0 Å². The third-order valence-electron chi connectivity index (χ3n) is 7.23. The minimum atomic E-state index is -3.41. The van der Waals surface area contributed by atoms with E-state index in [2.05, 4.69) is 43.3 Å². The fraction of sp³-hybridized carbons (Fsp3) is 0.294. The Labute approximate surface area is 233 Å². The predicted octanol–water partition coefficient (Wildman–Crippen LogP) is 7.29. The summed E-state index contributed by atoms with van der Waals surface area (Å²) < 4.78 is 39.4. The van der Waals surface area contributed by atoms with Crippen LogP contribution in [0.3, 0.4) is 0 Å². The first-order valence-electron chi connectivity index (χ1n) is 13.6. The van der Waals surface area contributed by atoms with Crippen molar-refractivity contribution < 1.29 is 17.9 Å². The maximum Gasteiger partial charge on any atom is 0.178 e. The van der Waals surface area contributed by atoms with Crippen LogP contribution in [0.25, 0.3) is 0 Å². The topological polar surface area (TPSA) is 52.6 Å². The largest absolute Gasteiger partial charge is 0.379 e. The second kappa shape index (κ2) is 13.2. The van der Waals surface area contributed by atoms with E-state index in [0.717, 1.165) is 16.7 Å². The Balaban J connectivity index is 1.69. The Morgan fingerprint density at radius 1 is 0.667 bits per heavy atom. The first-order chi connectivity index (χ1) is 18.9. The highest BCUT2D eigenvalue weighted by atomic mass is 32.2. The molecular formula is C34H38O4S. The van der Waals surface area contributed by atoms with E-state index in [9.17, 15) is 8.42 Å². The van der Waals surface area contributed by atoms with Crippen molar-refractivity contribution in [1.82, 2.24) is 0 Å². The van der Waals surface area contributed by atoms with E-state index in [1.807, 2.05) is 67.6 Å². The second-order valence-electron chi connectivity index (χ2n) is 10.1. The van der Waals surface area contributed by atoms with Gasteiger partial charge in [-0.1, -0.05) is 123 Å². The molecule has 0 aliphatic carbocycles. The van der Waals surface area contributed by atoms with E-state index in [-0.39, 0.29) is 23.9 Å². The minimum absolute atomic E-state index is 0.0501. The van der Waals surface area contributed by atoms with Crippen molar-refractivity contribution in [2.45, 2.75) is 49.4 Å². The fourth-order valence-electron chi connectivity index (χ4n) is 5.33. The van der Waals surface area contributed by atoms with Gasteiger partial charge in [0.25, 0.3) is 0 Å². The van der Waals surface area contributed by atoms with Crippen LogP contribution in [0, 0.1) is 5.92 Å². The number of methoxy groups -OCH3 is 1. The van der Waals surface area contributed by atoms with Crippen LogP contribution in [0.1, 0.15) is 43.4 Å². The van der Waals surface area contributed by atoms with Crippen LogP contribution in [-0.4, -0.2) is 33.5 Å². The summed E-state index contributed by atoms with van der Waals surface area (Å²) in [7, 11) is -1.72. The van der Waals surface area contributed by atoms with E-state index in [0.29, 0.717) is 17.7 Å². The third-order valence-corrected chi connectivity index (χ3v) is 9.23. The lowest BCUT2D eigenvalue weighted by Crippen LogP contribution is -2.42. The molecule has 0 fully saturated rings. The Morgan fingerprint density at radius 3 is 1.46 bits per heavy atom. The second-order valence-corrected chi connectivity index (χ2v) is 12.1. The zero-order chi connectivity index (χ0) is 27.7. The van der Waals surface area contributed by atoms with Gasteiger partial charge in [0.1, 0.15) is 5.60 Å². The lowest BCUT2D eigenvalue weighted by molar-refractivity contribution is -0.118. The van der Waals surface area contributed by atoms with E-state index < -0.39 is 15.4 Å². The van der Waals surface area contributed by atoms with Crippen LogP contribution in [0.5, 0.6) is 0 Å². The predicted molar refractivity (Wildman–Crippen MR) is 157 cm³/mol. The quantitative estimate of drug-likeness (QED) is 0.167. The highest BCUT2D eigenvalue weighted by Crippen LogP contribution is 2.42. The molecule has 0 bridgehead atoms. The van der Waals surface area contributed by atoms with Gasteiger partial charge in [-0.25, -0.2) is 8.42 Å². The van der Waals surface area contributed by atoms with Gasteiger partial charge in [-0.15, -0.1) is 0 Å². The van der Waals surface area contributed by atoms with Gasteiger partial charge in [0.2, 0.25) is 0 Å². The van der Waals surface area contributed by atoms with Gasteiger partial charge in [0, 0.05) is 7.11 Å². The summed E-state index contributed by atoms with van der Waals surface area (Å²) in [4.78, 5) is 0.352. The molecule has 39 heavy (non-hydrogen) atoms. The molecule has 204 valence electrons. The summed E-state index contributed by atoms with van der Waals surface area (Å²) >= 11 is 0. The number of hydrogen-bond acceptors (Lipinski definition) is 4. The van der Waals surface area contributed by atoms with Crippen molar-refractivity contribution in [1.29, 1.82) is 0 Å². The molecule has 0 saturated heterocycles. The van der Waals surface area contributed by atoms with Gasteiger partial charge >= 0.3 is 0 Å². The smallest absolute Gasteiger partial charge is 0.178 e. The average Bonchev–Trinajstić information content (AvgIpc) is 2.98. The molecule has 4 aromatic rings. The maximum atomic E-state index is 13.1. The molecule has 0 aliphatic rings. The summed E-state index contributed by atoms with van der Waals surface area (Å²) in [6.07, 6.45) is 0.657. The summed E-state index contributed by atoms with van der Waals surface area (Å²) in [5.41, 5.74) is 2.20. The zero-order valence-electron chi connectivity index (χ0n) is 22.9. The Kier molecular flexibility index (Phi) is 9.73. The standard InChI is InChI=1S/C34H38O4S/c1-4-32(33(37-3)25-27(2)26-39(35,36)31-23-15-8-16-24-31)38-34(28-17-9-5-10-18-28,29-19-11-6-12-20-29)30-21-13-7-14-22-30/h5-24,27,32-33H,4,25-26H2,1-3H3. The van der Waals surface area contributed by atoms with Gasteiger partial charge in [-0.3, -0.25) is 0 Å². The van der Waals surface area contributed by atoms with Crippen molar-refractivity contribution in [3.05, 3.63) is 138 Å². The molecule has 3 atom stereocenters. The van der Waals surface area contributed by atoms with Gasteiger partial charge < -0.3 is 9.47 Å². The van der Waals surface area contributed by atoms with E-state index >= 15 is 0 Å². The van der Waals surface area contributed by atoms with Crippen LogP contribution in [0.4, 0.5) is 0 Å². The maximum absolute atomic E-state index is 13.1. The first kappa shape index (κ1) is 28.8. The third kappa shape index (κ3) is 6.67. The van der Waals surface area contributed by atoms with E-state index in [4.69, 9.17) is 9.47 Å². The lowest BCUT2D eigenvalue weighted by Gasteiger charge is -2.41. The molecule has 0 amide bonds. The normalized spacial score (nSPS) is 14.4. The Hall–Kier alpha value is -3.25. The molecular weight excluding hydrogens is 504 g/mol. The summed E-state index contributed by atoms with van der Waals surface area (Å²) in [5, 5.41) is 0. The molecule has 4 rings (SSSR count). The van der Waals surface area contributed by atoms with Crippen molar-refractivity contribution in [3.63, 3.8) is 0 Å². The molecule has 0 heterocycles. The molecule has 0 spiro atoms. The molecule has 3 unspecified atom stereocenters. The molecule has 0 saturated carbocycles. The SMILES string of the molecule is CCC(OC(c1ccccc1)(c1ccccc1)c1ccccc1)C(CC(C)CS(=O)(=O)c1ccccc1)OC. The highest BCUT2D eigenvalue weighted by Gasteiger charge is 2.41. The van der Waals surface area contributed by atoms with Crippen LogP contribution in [0.15, 0.2) is 126 Å². The molecule has 4 aromatic carbocycles. The van der Waals surface area contributed by atoms with E-state index in [1.54, 1.807) is 31.4 Å². The Morgan fingerprint density at radius 2 is 1.08 bits per heavy atom. The highest BCUT2D eigenvalue weighted by molar-refractivity contribution is 7.91. The monoisotopic (exact) mass is 542 g/mol. The van der Waals surface area contributed by atoms with E-state index in [1.165, 1.54) is 0 Å². The van der Waals surface area contributed by atoms with Gasteiger partial charge in [-0.2, -0.15) is 0 Å². The molecule has 0 radical (unpaired) electrons. The molecule has 5 heteroatoms. The van der Waals surface area contributed by atoms with Gasteiger partial charge in [-0.05, 0) is 47.6 Å². The molecule has 0 aliphatic heterocycles. The number of sulfone groups is 1. The molecule has 0 aromatic heterocycles. The number of ether oxygens (including phenoxy) is 2. The van der Waals surface area contributed by atoms with Crippen LogP contribution >= 0.6 is 0 Å². The lowest BCUT2D eigenvalue weighted by atomic mass is 9.79. The fourth-order valence-corrected chi connectivity index (χ4v) is 6.98. The first-order valence-corrected chi connectivity index (χ1v) is 15.2. The Bertz CT molecular complexity index is 1280. The van der Waals surface area contributed by atoms with Gasteiger partial charge in [0.05, 0.1) is 22.9 Å². The summed E-state index contributed by atoms with van der Waals surface area (Å²) in [5.74, 6) is -0.0773. The summed E-state index contributed by atoms with van der Waals surface area (Å²) in [6, 6.07) is 39.5. The summed E-state index contributed by atoms with van der Waals surface area (Å²) in [6.45, 7) is 4.06. The van der Waals surface area contributed by atoms with Crippen molar-refractivity contribution in [3.8, 4) is 0 Å². The van der Waals surface area contributed by atoms with Crippen molar-refractivity contribution in [2.75, 3.05) is 12.9 Å². The minimum Gasteiger partial charge on any atom is -0.379 e. The molecule has 0 N–H and O–H groups in total. The zero-order valence-corrected chi connectivity index (χ0v) is 23.8. The van der Waals surface area contributed by atoms with Crippen molar-refractivity contribution in [2.24, 2.45) is 5.92 Å². The number of rotatable bonds is 13. The van der Waals surface area contributed by atoms with Crippen LogP contribution in [0.2, 0.25) is 0 Å². The molecule has 4 nitrogen and oxygen atoms in total. The average molecular weight is 543 g/mol. The number of benzene rings is 4.